The number of para-hydroxylation sites is 2. The SMILES string of the molecule is O=C(O)CC1CN(CCn2c(=O)oc3ccccc32)C1. The van der Waals surface area contributed by atoms with Gasteiger partial charge in [-0.05, 0) is 18.1 Å². The van der Waals surface area contributed by atoms with Crippen LogP contribution in [0.1, 0.15) is 6.42 Å². The quantitative estimate of drug-likeness (QED) is 0.881. The largest absolute Gasteiger partial charge is 0.481 e. The van der Waals surface area contributed by atoms with Crippen LogP contribution in [0.15, 0.2) is 33.5 Å². The zero-order valence-corrected chi connectivity index (χ0v) is 11.0. The minimum absolute atomic E-state index is 0.227. The molecule has 0 saturated carbocycles. The molecule has 0 unspecified atom stereocenters. The highest BCUT2D eigenvalue weighted by atomic mass is 16.4. The minimum atomic E-state index is -0.744. The van der Waals surface area contributed by atoms with E-state index in [1.54, 1.807) is 10.6 Å². The number of aliphatic carboxylic acids is 1. The van der Waals surface area contributed by atoms with Crippen molar-refractivity contribution in [1.29, 1.82) is 0 Å². The molecule has 1 aliphatic rings. The monoisotopic (exact) mass is 276 g/mol. The van der Waals surface area contributed by atoms with Crippen molar-refractivity contribution in [3.05, 3.63) is 34.8 Å². The van der Waals surface area contributed by atoms with Crippen molar-refractivity contribution in [2.45, 2.75) is 13.0 Å². The lowest BCUT2D eigenvalue weighted by atomic mass is 9.96. The van der Waals surface area contributed by atoms with Crippen molar-refractivity contribution in [3.8, 4) is 0 Å². The summed E-state index contributed by atoms with van der Waals surface area (Å²) in [4.78, 5) is 24.5. The van der Waals surface area contributed by atoms with Gasteiger partial charge < -0.3 is 14.4 Å². The number of likely N-dealkylation sites (tertiary alicyclic amines) is 1. The standard InChI is InChI=1S/C14H16N2O4/c17-13(18)7-10-8-15(9-10)5-6-16-11-3-1-2-4-12(11)20-14(16)19/h1-4,10H,5-9H2,(H,17,18). The second-order valence-corrected chi connectivity index (χ2v) is 5.21. The van der Waals surface area contributed by atoms with Crippen LogP contribution in [0.25, 0.3) is 11.1 Å². The van der Waals surface area contributed by atoms with Crippen molar-refractivity contribution in [2.75, 3.05) is 19.6 Å². The molecule has 0 amide bonds. The predicted molar refractivity (Wildman–Crippen MR) is 72.7 cm³/mol. The van der Waals surface area contributed by atoms with Crippen LogP contribution in [0.5, 0.6) is 0 Å². The lowest BCUT2D eigenvalue weighted by Gasteiger charge is -2.38. The Balaban J connectivity index is 1.60. The van der Waals surface area contributed by atoms with Gasteiger partial charge in [-0.2, -0.15) is 0 Å². The van der Waals surface area contributed by atoms with Crippen LogP contribution in [0.3, 0.4) is 0 Å². The summed E-state index contributed by atoms with van der Waals surface area (Å²) in [6.07, 6.45) is 0.227. The predicted octanol–water partition coefficient (Wildman–Crippen LogP) is 1.00. The van der Waals surface area contributed by atoms with Crippen molar-refractivity contribution < 1.29 is 14.3 Å². The molecule has 106 valence electrons. The van der Waals surface area contributed by atoms with Gasteiger partial charge in [-0.15, -0.1) is 0 Å². The zero-order valence-electron chi connectivity index (χ0n) is 11.0. The molecule has 0 bridgehead atoms. The second-order valence-electron chi connectivity index (χ2n) is 5.21. The van der Waals surface area contributed by atoms with Crippen LogP contribution < -0.4 is 5.76 Å². The van der Waals surface area contributed by atoms with Gasteiger partial charge in [0.1, 0.15) is 0 Å². The first-order chi connectivity index (χ1) is 9.63. The van der Waals surface area contributed by atoms with Crippen LogP contribution in [0.4, 0.5) is 0 Å². The Kier molecular flexibility index (Phi) is 3.31. The number of carboxylic acids is 1. The third-order valence-electron chi connectivity index (χ3n) is 3.71. The number of fused-ring (bicyclic) bond motifs is 1. The molecule has 6 heteroatoms. The normalized spacial score (nSPS) is 16.4. The molecule has 2 heterocycles. The van der Waals surface area contributed by atoms with E-state index in [-0.39, 0.29) is 18.1 Å². The lowest BCUT2D eigenvalue weighted by molar-refractivity contribution is -0.139. The van der Waals surface area contributed by atoms with E-state index in [2.05, 4.69) is 4.90 Å². The number of rotatable bonds is 5. The van der Waals surface area contributed by atoms with Gasteiger partial charge in [0.2, 0.25) is 0 Å². The van der Waals surface area contributed by atoms with Gasteiger partial charge in [0.25, 0.3) is 0 Å². The fraction of sp³-hybridized carbons (Fsp3) is 0.429. The summed E-state index contributed by atoms with van der Waals surface area (Å²) in [7, 11) is 0. The topological polar surface area (TPSA) is 75.7 Å². The molecule has 20 heavy (non-hydrogen) atoms. The van der Waals surface area contributed by atoms with Crippen molar-refractivity contribution in [1.82, 2.24) is 9.47 Å². The Hall–Kier alpha value is -2.08. The van der Waals surface area contributed by atoms with Crippen LogP contribution in [0.2, 0.25) is 0 Å². The highest BCUT2D eigenvalue weighted by molar-refractivity contribution is 5.72. The van der Waals surface area contributed by atoms with Crippen LogP contribution in [-0.4, -0.2) is 40.2 Å². The van der Waals surface area contributed by atoms with Gasteiger partial charge in [0.15, 0.2) is 5.58 Å². The lowest BCUT2D eigenvalue weighted by Crippen LogP contribution is -2.48. The Bertz CT molecular complexity index is 682. The van der Waals surface area contributed by atoms with Crippen LogP contribution >= 0.6 is 0 Å². The van der Waals surface area contributed by atoms with Crippen LogP contribution in [0, 0.1) is 5.92 Å². The van der Waals surface area contributed by atoms with E-state index in [1.165, 1.54) is 0 Å². The molecule has 1 aliphatic heterocycles. The molecule has 1 aromatic heterocycles. The molecule has 1 saturated heterocycles. The minimum Gasteiger partial charge on any atom is -0.481 e. The average Bonchev–Trinajstić information content (AvgIpc) is 2.67. The highest BCUT2D eigenvalue weighted by Crippen LogP contribution is 2.19. The molecule has 1 N–H and O–H groups in total. The number of hydrogen-bond donors (Lipinski definition) is 1. The summed E-state index contributed by atoms with van der Waals surface area (Å²) in [5, 5.41) is 8.69. The summed E-state index contributed by atoms with van der Waals surface area (Å²) in [5.74, 6) is -0.842. The van der Waals surface area contributed by atoms with E-state index in [4.69, 9.17) is 9.52 Å². The molecular formula is C14H16N2O4. The molecule has 0 radical (unpaired) electrons. The molecule has 0 atom stereocenters. The summed E-state index contributed by atoms with van der Waals surface area (Å²) >= 11 is 0. The number of carboxylic acid groups (broad SMARTS) is 1. The maximum absolute atomic E-state index is 11.8. The number of aromatic nitrogens is 1. The van der Waals surface area contributed by atoms with Crippen molar-refractivity contribution in [3.63, 3.8) is 0 Å². The Morgan fingerprint density at radius 3 is 2.80 bits per heavy atom. The number of hydrogen-bond acceptors (Lipinski definition) is 4. The van der Waals surface area contributed by atoms with Crippen LogP contribution in [-0.2, 0) is 11.3 Å². The Morgan fingerprint density at radius 1 is 1.30 bits per heavy atom. The summed E-state index contributed by atoms with van der Waals surface area (Å²) < 4.78 is 6.79. The van der Waals surface area contributed by atoms with Crippen molar-refractivity contribution in [2.24, 2.45) is 5.92 Å². The molecular weight excluding hydrogens is 260 g/mol. The smallest absolute Gasteiger partial charge is 0.419 e. The molecule has 0 spiro atoms. The van der Waals surface area contributed by atoms with Gasteiger partial charge in [-0.3, -0.25) is 9.36 Å². The molecule has 0 aliphatic carbocycles. The van der Waals surface area contributed by atoms with Gasteiger partial charge >= 0.3 is 11.7 Å². The third-order valence-corrected chi connectivity index (χ3v) is 3.71. The number of carbonyl (C=O) groups is 1. The molecule has 2 aromatic rings. The van der Waals surface area contributed by atoms with Crippen molar-refractivity contribution >= 4 is 17.1 Å². The van der Waals surface area contributed by atoms with Gasteiger partial charge in [-0.25, -0.2) is 4.79 Å². The number of nitrogens with zero attached hydrogens (tertiary/aromatic N) is 2. The third kappa shape index (κ3) is 2.46. The summed E-state index contributed by atoms with van der Waals surface area (Å²) in [6.45, 7) is 2.88. The van der Waals surface area contributed by atoms with E-state index in [0.29, 0.717) is 12.1 Å². The van der Waals surface area contributed by atoms with E-state index in [0.717, 1.165) is 25.2 Å². The maximum Gasteiger partial charge on any atom is 0.419 e. The van der Waals surface area contributed by atoms with E-state index >= 15 is 0 Å². The van der Waals surface area contributed by atoms with E-state index < -0.39 is 5.97 Å². The first-order valence-electron chi connectivity index (χ1n) is 6.66. The van der Waals surface area contributed by atoms with E-state index in [9.17, 15) is 9.59 Å². The maximum atomic E-state index is 11.8. The molecule has 3 rings (SSSR count). The fourth-order valence-corrected chi connectivity index (χ4v) is 2.70. The highest BCUT2D eigenvalue weighted by Gasteiger charge is 2.28. The van der Waals surface area contributed by atoms with Gasteiger partial charge in [-0.1, -0.05) is 12.1 Å². The average molecular weight is 276 g/mol. The first-order valence-corrected chi connectivity index (χ1v) is 6.66. The second kappa shape index (κ2) is 5.13. The number of benzene rings is 1. The fourth-order valence-electron chi connectivity index (χ4n) is 2.70. The Morgan fingerprint density at radius 2 is 2.05 bits per heavy atom. The summed E-state index contributed by atoms with van der Waals surface area (Å²) in [6, 6.07) is 7.35. The first kappa shape index (κ1) is 12.9. The zero-order chi connectivity index (χ0) is 14.1. The molecule has 6 nitrogen and oxygen atoms in total. The van der Waals surface area contributed by atoms with E-state index in [1.807, 2.05) is 18.2 Å². The van der Waals surface area contributed by atoms with Gasteiger partial charge in [0.05, 0.1) is 11.9 Å². The number of oxazole rings is 1. The summed E-state index contributed by atoms with van der Waals surface area (Å²) in [5.41, 5.74) is 1.41. The molecule has 1 aromatic carbocycles. The molecule has 1 fully saturated rings. The van der Waals surface area contributed by atoms with Gasteiger partial charge in [0, 0.05) is 26.2 Å². The Labute approximate surface area is 115 Å².